The standard InChI is InChI=1S/C29H44N4O6Si/c1-7-33(8-2)24-14-16-26-28(22-24)39-27-21-23(13-15-25(27)31-26)32(6)18-19-35-29(34)30-17-12-20-40(36-9-3,37-10-4)38-11-5/h13-16,21-22H,7-12,17-20H2,1-6H3/p+1. The van der Waals surface area contributed by atoms with Crippen LogP contribution in [-0.2, 0) is 18.0 Å². The molecule has 1 aliphatic carbocycles. The predicted molar refractivity (Wildman–Crippen MR) is 157 cm³/mol. The van der Waals surface area contributed by atoms with Crippen LogP contribution in [0.5, 0.6) is 0 Å². The van der Waals surface area contributed by atoms with Gasteiger partial charge in [-0.15, -0.1) is 0 Å². The summed E-state index contributed by atoms with van der Waals surface area (Å²) in [7, 11) is -0.770. The fourth-order valence-electron chi connectivity index (χ4n) is 4.60. The SMILES string of the molecule is CCO[Si](CCCN=C([O-])OCC[N+](C)=c1ccc2[nH+]c3ccc(N(CC)CC)cc3oc-2c1)(OCC)OCC. The van der Waals surface area contributed by atoms with Crippen LogP contribution in [0.4, 0.5) is 5.69 Å². The average molecular weight is 574 g/mol. The van der Waals surface area contributed by atoms with E-state index in [9.17, 15) is 5.11 Å². The van der Waals surface area contributed by atoms with Crippen LogP contribution in [0.25, 0.3) is 22.6 Å². The molecule has 11 heteroatoms. The fourth-order valence-corrected chi connectivity index (χ4v) is 7.19. The van der Waals surface area contributed by atoms with Crippen LogP contribution in [0.3, 0.4) is 0 Å². The lowest BCUT2D eigenvalue weighted by molar-refractivity contribution is -0.334. The van der Waals surface area contributed by atoms with Gasteiger partial charge in [0.1, 0.15) is 13.1 Å². The van der Waals surface area contributed by atoms with E-state index in [-0.39, 0.29) is 6.61 Å². The first-order chi connectivity index (χ1) is 19.4. The number of H-pyrrole nitrogens is 1. The lowest BCUT2D eigenvalue weighted by Gasteiger charge is -2.28. The van der Waals surface area contributed by atoms with E-state index >= 15 is 0 Å². The zero-order chi connectivity index (χ0) is 29.0. The van der Waals surface area contributed by atoms with Crippen LogP contribution in [0, 0.1) is 0 Å². The van der Waals surface area contributed by atoms with Crippen molar-refractivity contribution in [2.45, 2.75) is 47.1 Å². The highest BCUT2D eigenvalue weighted by molar-refractivity contribution is 6.60. The van der Waals surface area contributed by atoms with E-state index < -0.39 is 14.9 Å². The molecule has 1 heterocycles. The van der Waals surface area contributed by atoms with Crippen molar-refractivity contribution in [3.05, 3.63) is 41.8 Å². The van der Waals surface area contributed by atoms with Gasteiger partial charge in [0.25, 0.3) is 0 Å². The van der Waals surface area contributed by atoms with Crippen molar-refractivity contribution < 1.29 is 32.5 Å². The van der Waals surface area contributed by atoms with Crippen LogP contribution in [0.1, 0.15) is 41.0 Å². The number of likely N-dealkylation sites (N-methyl/N-ethyl adjacent to an activating group) is 1. The quantitative estimate of drug-likeness (QED) is 0.0648. The molecule has 2 aliphatic rings. The molecule has 1 aromatic rings. The first-order valence-electron chi connectivity index (χ1n) is 14.3. The molecule has 220 valence electrons. The van der Waals surface area contributed by atoms with Gasteiger partial charge in [-0.2, -0.15) is 4.98 Å². The molecule has 0 fully saturated rings. The van der Waals surface area contributed by atoms with Crippen molar-refractivity contribution in [1.82, 2.24) is 4.58 Å². The van der Waals surface area contributed by atoms with Gasteiger partial charge in [0.2, 0.25) is 27.9 Å². The van der Waals surface area contributed by atoms with Gasteiger partial charge in [0.05, 0.1) is 12.7 Å². The zero-order valence-corrected chi connectivity index (χ0v) is 25.8. The van der Waals surface area contributed by atoms with E-state index in [0.29, 0.717) is 45.4 Å². The first-order valence-corrected chi connectivity index (χ1v) is 16.3. The van der Waals surface area contributed by atoms with Gasteiger partial charge in [0.15, 0.2) is 6.54 Å². The monoisotopic (exact) mass is 573 g/mol. The molecule has 3 rings (SSSR count). The molecule has 0 atom stereocenters. The van der Waals surface area contributed by atoms with Crippen LogP contribution < -0.4 is 24.9 Å². The summed E-state index contributed by atoms with van der Waals surface area (Å²) in [6.07, 6.45) is 0.0627. The van der Waals surface area contributed by atoms with E-state index in [2.05, 4.69) is 46.9 Å². The molecule has 1 aliphatic heterocycles. The maximum Gasteiger partial charge on any atom is 0.500 e. The summed E-state index contributed by atoms with van der Waals surface area (Å²) in [5.41, 5.74) is 3.79. The third-order valence-corrected chi connectivity index (χ3v) is 9.77. The van der Waals surface area contributed by atoms with E-state index in [1.807, 2.05) is 50.6 Å². The Morgan fingerprint density at radius 2 is 1.70 bits per heavy atom. The second kappa shape index (κ2) is 15.7. The van der Waals surface area contributed by atoms with E-state index in [1.165, 1.54) is 0 Å². The van der Waals surface area contributed by atoms with Gasteiger partial charge in [-0.25, -0.2) is 4.58 Å². The summed E-state index contributed by atoms with van der Waals surface area (Å²) in [4.78, 5) is 9.77. The topological polar surface area (TPSA) is 106 Å². The Morgan fingerprint density at radius 3 is 2.35 bits per heavy atom. The van der Waals surface area contributed by atoms with Gasteiger partial charge in [-0.3, -0.25) is 4.99 Å². The Labute approximate surface area is 238 Å². The average Bonchev–Trinajstić information content (AvgIpc) is 2.95. The van der Waals surface area contributed by atoms with Crippen molar-refractivity contribution in [3.8, 4) is 11.5 Å². The zero-order valence-electron chi connectivity index (χ0n) is 24.8. The summed E-state index contributed by atoms with van der Waals surface area (Å²) < 4.78 is 31.2. The Morgan fingerprint density at radius 1 is 1.00 bits per heavy atom. The largest absolute Gasteiger partial charge is 0.594 e. The normalized spacial score (nSPS) is 13.2. The molecule has 0 saturated carbocycles. The summed E-state index contributed by atoms with van der Waals surface area (Å²) in [6, 6.07) is 12.9. The van der Waals surface area contributed by atoms with Crippen molar-refractivity contribution >= 4 is 31.7 Å². The molecule has 0 radical (unpaired) electrons. The molecule has 1 N–H and O–H groups in total. The van der Waals surface area contributed by atoms with Crippen LogP contribution in [0.2, 0.25) is 6.04 Å². The first kappa shape index (κ1) is 31.5. The molecule has 0 spiro atoms. The van der Waals surface area contributed by atoms with Crippen LogP contribution >= 0.6 is 0 Å². The fraction of sp³-hybridized carbons (Fsp3) is 0.552. The number of aromatic nitrogens is 1. The van der Waals surface area contributed by atoms with Gasteiger partial charge in [0, 0.05) is 75.5 Å². The number of nitrogens with zero attached hydrogens (tertiary/aromatic N) is 3. The maximum atomic E-state index is 12.2. The summed E-state index contributed by atoms with van der Waals surface area (Å²) >= 11 is 0. The minimum Gasteiger partial charge on any atom is -0.594 e. The Balaban J connectivity index is 1.61. The predicted octanol–water partition coefficient (Wildman–Crippen LogP) is 2.77. The minimum atomic E-state index is -2.72. The molecule has 0 unspecified atom stereocenters. The number of aromatic amines is 1. The van der Waals surface area contributed by atoms with E-state index in [0.717, 1.165) is 46.7 Å². The highest BCUT2D eigenvalue weighted by atomic mass is 28.4. The molecule has 40 heavy (non-hydrogen) atoms. The van der Waals surface area contributed by atoms with Crippen LogP contribution in [-0.4, -0.2) is 74.5 Å². The number of ether oxygens (including phenoxy) is 1. The number of fused-ring (bicyclic) bond motifs is 2. The number of hydrogen-bond donors (Lipinski definition) is 0. The van der Waals surface area contributed by atoms with Gasteiger partial charge in [-0.1, -0.05) is 0 Å². The second-order valence-electron chi connectivity index (χ2n) is 9.26. The van der Waals surface area contributed by atoms with Gasteiger partial charge >= 0.3 is 8.80 Å². The molecular formula is C29H45N4O6Si+. The number of aliphatic imine (C=N–C) groups is 1. The smallest absolute Gasteiger partial charge is 0.500 e. The molecule has 0 bridgehead atoms. The molecule has 1 aromatic carbocycles. The van der Waals surface area contributed by atoms with Gasteiger partial charge in [-0.05, 0) is 47.1 Å². The van der Waals surface area contributed by atoms with Crippen molar-refractivity contribution in [3.63, 3.8) is 0 Å². The van der Waals surface area contributed by atoms with E-state index in [4.69, 9.17) is 22.4 Å². The summed E-state index contributed by atoms with van der Waals surface area (Å²) in [5, 5.41) is 13.1. The van der Waals surface area contributed by atoms with Crippen molar-refractivity contribution in [1.29, 1.82) is 0 Å². The second-order valence-corrected chi connectivity index (χ2v) is 12.0. The third kappa shape index (κ3) is 8.50. The van der Waals surface area contributed by atoms with E-state index in [1.54, 1.807) is 0 Å². The highest BCUT2D eigenvalue weighted by Gasteiger charge is 2.39. The van der Waals surface area contributed by atoms with Crippen molar-refractivity contribution in [2.75, 3.05) is 64.6 Å². The number of hydrogen-bond acceptors (Lipinski definition) is 8. The number of nitrogens with one attached hydrogen (secondary N) is 1. The summed E-state index contributed by atoms with van der Waals surface area (Å²) in [6.45, 7) is 14.6. The number of benzene rings is 2. The van der Waals surface area contributed by atoms with Gasteiger partial charge < -0.3 is 32.4 Å². The third-order valence-electron chi connectivity index (χ3n) is 6.62. The molecular weight excluding hydrogens is 528 g/mol. The summed E-state index contributed by atoms with van der Waals surface area (Å²) in [5.74, 6) is 0.756. The van der Waals surface area contributed by atoms with Crippen molar-refractivity contribution in [2.24, 2.45) is 4.99 Å². The molecule has 0 amide bonds. The lowest BCUT2D eigenvalue weighted by Crippen LogP contribution is -2.46. The number of rotatable bonds is 16. The molecule has 0 aromatic heterocycles. The Bertz CT molecular complexity index is 1260. The Kier molecular flexibility index (Phi) is 12.4. The molecule has 10 nitrogen and oxygen atoms in total. The van der Waals surface area contributed by atoms with Crippen LogP contribution in [0.15, 0.2) is 45.8 Å². The lowest BCUT2D eigenvalue weighted by atomic mass is 10.2. The highest BCUT2D eigenvalue weighted by Crippen LogP contribution is 2.24. The minimum absolute atomic E-state index is 0.223. The molecule has 0 saturated heterocycles. The maximum absolute atomic E-state index is 12.2. The number of anilines is 1. The Hall–Kier alpha value is -2.99.